The highest BCUT2D eigenvalue weighted by atomic mass is 35.5. The first-order valence-corrected chi connectivity index (χ1v) is 11.8. The summed E-state index contributed by atoms with van der Waals surface area (Å²) in [6.07, 6.45) is 4.13. The Morgan fingerprint density at radius 3 is 2.62 bits per heavy atom. The van der Waals surface area contributed by atoms with Gasteiger partial charge in [-0.3, -0.25) is 4.57 Å². The van der Waals surface area contributed by atoms with Crippen LogP contribution in [0, 0.1) is 6.92 Å². The normalized spacial score (nSPS) is 15.5. The topological polar surface area (TPSA) is 76.3 Å². The number of para-hydroxylation sites is 1. The minimum Gasteiger partial charge on any atom is -0.399 e. The van der Waals surface area contributed by atoms with E-state index >= 15 is 0 Å². The van der Waals surface area contributed by atoms with Crippen LogP contribution in [0.1, 0.15) is 35.4 Å². The van der Waals surface area contributed by atoms with Crippen molar-refractivity contribution in [1.29, 1.82) is 0 Å². The van der Waals surface area contributed by atoms with E-state index in [-0.39, 0.29) is 12.2 Å². The van der Waals surface area contributed by atoms with Gasteiger partial charge in [-0.1, -0.05) is 41.9 Å². The van der Waals surface area contributed by atoms with Gasteiger partial charge in [0.2, 0.25) is 0 Å². The number of nitrogens with two attached hydrogens (primary N) is 2. The van der Waals surface area contributed by atoms with Gasteiger partial charge in [0.1, 0.15) is 6.17 Å². The second kappa shape index (κ2) is 9.05. The monoisotopic (exact) mass is 472 g/mol. The van der Waals surface area contributed by atoms with Gasteiger partial charge in [-0.2, -0.15) is 0 Å². The first-order chi connectivity index (χ1) is 16.5. The van der Waals surface area contributed by atoms with Gasteiger partial charge in [-0.05, 0) is 60.9 Å². The van der Waals surface area contributed by atoms with Crippen molar-refractivity contribution < 1.29 is 0 Å². The molecule has 7 heteroatoms. The zero-order valence-electron chi connectivity index (χ0n) is 19.4. The summed E-state index contributed by atoms with van der Waals surface area (Å²) in [5, 5.41) is 0.776. The maximum absolute atomic E-state index is 6.77. The lowest BCUT2D eigenvalue weighted by Crippen LogP contribution is -2.41. The number of imidazole rings is 1. The molecule has 2 unspecified atom stereocenters. The van der Waals surface area contributed by atoms with Crippen LogP contribution >= 0.6 is 11.6 Å². The molecule has 1 aliphatic heterocycles. The van der Waals surface area contributed by atoms with Gasteiger partial charge in [0.25, 0.3) is 0 Å². The molecule has 0 saturated heterocycles. The zero-order valence-corrected chi connectivity index (χ0v) is 20.2. The van der Waals surface area contributed by atoms with Crippen molar-refractivity contribution in [1.82, 2.24) is 9.55 Å². The number of benzene rings is 3. The quantitative estimate of drug-likeness (QED) is 0.364. The number of nitrogens with zero attached hydrogens (tertiary/aromatic N) is 4. The van der Waals surface area contributed by atoms with E-state index in [0.717, 1.165) is 46.3 Å². The zero-order chi connectivity index (χ0) is 23.8. The molecule has 6 nitrogen and oxygen atoms in total. The highest BCUT2D eigenvalue weighted by Crippen LogP contribution is 2.40. The molecule has 2 atom stereocenters. The molecule has 0 fully saturated rings. The fourth-order valence-corrected chi connectivity index (χ4v) is 5.32. The molecule has 4 aromatic rings. The average molecular weight is 473 g/mol. The van der Waals surface area contributed by atoms with Gasteiger partial charge in [-0.15, -0.1) is 0 Å². The largest absolute Gasteiger partial charge is 0.399 e. The Balaban J connectivity index is 1.52. The van der Waals surface area contributed by atoms with Crippen LogP contribution in [-0.2, 0) is 0 Å². The third-order valence-corrected chi connectivity index (χ3v) is 7.08. The Bertz CT molecular complexity index is 1280. The number of nitrogen functional groups attached to an aromatic ring is 1. The van der Waals surface area contributed by atoms with Crippen molar-refractivity contribution in [2.75, 3.05) is 29.1 Å². The Kier molecular flexibility index (Phi) is 5.94. The molecule has 0 spiro atoms. The molecule has 2 heterocycles. The standard InChI is InChI=1S/C27H29ClN6/c1-18-7-6-10-21(28)26(18)23(32(2)20-8-4-3-5-9-20)13-14-33-24-15-19(29)11-12-22(24)34-17-31-16-25(34)27(33)30/h3-12,15-17,23,27H,13-14,29-30H2,1-2H3. The number of hydrogen-bond acceptors (Lipinski definition) is 5. The minimum atomic E-state index is -0.327. The lowest BCUT2D eigenvalue weighted by molar-refractivity contribution is 0.538. The minimum absolute atomic E-state index is 0.0552. The van der Waals surface area contributed by atoms with E-state index in [1.807, 2.05) is 47.2 Å². The molecule has 34 heavy (non-hydrogen) atoms. The molecule has 1 aliphatic rings. The van der Waals surface area contributed by atoms with E-state index in [4.69, 9.17) is 23.1 Å². The molecule has 1 aromatic heterocycles. The first kappa shape index (κ1) is 22.3. The second-order valence-corrected chi connectivity index (χ2v) is 9.20. The smallest absolute Gasteiger partial charge is 0.121 e. The van der Waals surface area contributed by atoms with Gasteiger partial charge in [0.15, 0.2) is 0 Å². The predicted octanol–water partition coefficient (Wildman–Crippen LogP) is 5.46. The number of halogens is 1. The van der Waals surface area contributed by atoms with Crippen LogP contribution in [0.3, 0.4) is 0 Å². The number of aryl methyl sites for hydroxylation is 1. The summed E-state index contributed by atoms with van der Waals surface area (Å²) >= 11 is 6.77. The van der Waals surface area contributed by atoms with Crippen molar-refractivity contribution in [2.24, 2.45) is 5.73 Å². The Labute approximate surface area is 205 Å². The highest BCUT2D eigenvalue weighted by molar-refractivity contribution is 6.31. The lowest BCUT2D eigenvalue weighted by Gasteiger charge is -2.39. The van der Waals surface area contributed by atoms with E-state index in [1.165, 1.54) is 5.56 Å². The predicted molar refractivity (Wildman–Crippen MR) is 141 cm³/mol. The van der Waals surface area contributed by atoms with E-state index < -0.39 is 0 Å². The number of fused-ring (bicyclic) bond motifs is 3. The molecule has 3 aromatic carbocycles. The fraction of sp³-hybridized carbons (Fsp3) is 0.222. The van der Waals surface area contributed by atoms with Crippen LogP contribution in [0.5, 0.6) is 0 Å². The van der Waals surface area contributed by atoms with Gasteiger partial charge < -0.3 is 21.3 Å². The number of anilines is 3. The maximum Gasteiger partial charge on any atom is 0.121 e. The molecular formula is C27H29ClN6. The van der Waals surface area contributed by atoms with Crippen molar-refractivity contribution in [2.45, 2.75) is 25.6 Å². The van der Waals surface area contributed by atoms with Gasteiger partial charge in [0.05, 0.1) is 35.6 Å². The Morgan fingerprint density at radius 2 is 1.85 bits per heavy atom. The summed E-state index contributed by atoms with van der Waals surface area (Å²) in [6, 6.07) is 22.5. The third-order valence-electron chi connectivity index (χ3n) is 6.75. The SMILES string of the molecule is Cc1cccc(Cl)c1C(CCN1c2cc(N)ccc2-n2cncc2C1N)N(C)c1ccccc1. The van der Waals surface area contributed by atoms with Crippen LogP contribution in [0.4, 0.5) is 17.1 Å². The van der Waals surface area contributed by atoms with Crippen molar-refractivity contribution in [3.05, 3.63) is 101 Å². The van der Waals surface area contributed by atoms with E-state index in [1.54, 1.807) is 6.33 Å². The number of aromatic nitrogens is 2. The van der Waals surface area contributed by atoms with Gasteiger partial charge in [0, 0.05) is 30.0 Å². The van der Waals surface area contributed by atoms with Crippen LogP contribution in [0.25, 0.3) is 5.69 Å². The highest BCUT2D eigenvalue weighted by Gasteiger charge is 2.31. The van der Waals surface area contributed by atoms with E-state index in [0.29, 0.717) is 5.69 Å². The summed E-state index contributed by atoms with van der Waals surface area (Å²) in [5.41, 5.74) is 20.1. The summed E-state index contributed by atoms with van der Waals surface area (Å²) in [4.78, 5) is 8.87. The van der Waals surface area contributed by atoms with Crippen molar-refractivity contribution in [3.63, 3.8) is 0 Å². The molecule has 0 bridgehead atoms. The fourth-order valence-electron chi connectivity index (χ4n) is 4.97. The molecule has 174 valence electrons. The van der Waals surface area contributed by atoms with E-state index in [2.05, 4.69) is 59.1 Å². The van der Waals surface area contributed by atoms with Crippen molar-refractivity contribution in [3.8, 4) is 5.69 Å². The third kappa shape index (κ3) is 3.89. The second-order valence-electron chi connectivity index (χ2n) is 8.80. The Hall–Kier alpha value is -3.48. The average Bonchev–Trinajstić information content (AvgIpc) is 3.33. The number of hydrogen-bond donors (Lipinski definition) is 2. The molecule has 5 rings (SSSR count). The van der Waals surface area contributed by atoms with Gasteiger partial charge >= 0.3 is 0 Å². The summed E-state index contributed by atoms with van der Waals surface area (Å²) in [7, 11) is 2.12. The van der Waals surface area contributed by atoms with Crippen LogP contribution in [0.15, 0.2) is 79.3 Å². The molecular weight excluding hydrogens is 444 g/mol. The van der Waals surface area contributed by atoms with Crippen LogP contribution in [-0.4, -0.2) is 23.1 Å². The molecule has 0 aliphatic carbocycles. The summed E-state index contributed by atoms with van der Waals surface area (Å²) in [6.45, 7) is 2.84. The lowest BCUT2D eigenvalue weighted by atomic mass is 9.96. The molecule has 0 radical (unpaired) electrons. The van der Waals surface area contributed by atoms with Crippen LogP contribution in [0.2, 0.25) is 5.02 Å². The molecule has 0 amide bonds. The van der Waals surface area contributed by atoms with Gasteiger partial charge in [-0.25, -0.2) is 4.98 Å². The molecule has 4 N–H and O–H groups in total. The maximum atomic E-state index is 6.77. The first-order valence-electron chi connectivity index (χ1n) is 11.4. The number of rotatable bonds is 6. The Morgan fingerprint density at radius 1 is 1.06 bits per heavy atom. The van der Waals surface area contributed by atoms with Crippen molar-refractivity contribution >= 4 is 28.7 Å². The summed E-state index contributed by atoms with van der Waals surface area (Å²) < 4.78 is 2.04. The van der Waals surface area contributed by atoms with E-state index in [9.17, 15) is 0 Å². The molecule has 0 saturated carbocycles. The van der Waals surface area contributed by atoms with Crippen LogP contribution < -0.4 is 21.3 Å². The summed E-state index contributed by atoms with van der Waals surface area (Å²) in [5.74, 6) is 0.